The Hall–Kier alpha value is -2.61. The van der Waals surface area contributed by atoms with Crippen LogP contribution in [0.3, 0.4) is 0 Å². The van der Waals surface area contributed by atoms with E-state index >= 15 is 0 Å². The summed E-state index contributed by atoms with van der Waals surface area (Å²) in [7, 11) is -4.02. The Bertz CT molecular complexity index is 867. The number of aromatic hydroxyl groups is 1. The molecule has 2 aromatic carbocycles. The van der Waals surface area contributed by atoms with Gasteiger partial charge in [0.05, 0.1) is 5.69 Å². The minimum atomic E-state index is -4.02. The molecule has 0 aliphatic carbocycles. The van der Waals surface area contributed by atoms with Crippen molar-refractivity contribution >= 4 is 21.8 Å². The number of carbonyl (C=O) groups excluding carboxylic acids is 1. The average molecular weight is 322 g/mol. The van der Waals surface area contributed by atoms with Crippen molar-refractivity contribution in [3.8, 4) is 16.9 Å². The van der Waals surface area contributed by atoms with Gasteiger partial charge < -0.3 is 5.11 Å². The summed E-state index contributed by atoms with van der Waals surface area (Å²) < 4.78 is 39.6. The van der Waals surface area contributed by atoms with Gasteiger partial charge in [0.1, 0.15) is 18.1 Å². The van der Waals surface area contributed by atoms with E-state index in [1.807, 2.05) is 4.72 Å². The van der Waals surface area contributed by atoms with Gasteiger partial charge in [0.25, 0.3) is 5.91 Å². The van der Waals surface area contributed by atoms with E-state index in [0.717, 1.165) is 4.31 Å². The number of nitrogens with zero attached hydrogens (tertiary/aromatic N) is 1. The van der Waals surface area contributed by atoms with Crippen LogP contribution in [0.15, 0.2) is 42.5 Å². The Morgan fingerprint density at radius 1 is 1.14 bits per heavy atom. The SMILES string of the molecule is O=C1CN(c2cc(-c3cccc(F)c3)ccc2O)S(=O)(=O)N1. The zero-order chi connectivity index (χ0) is 15.9. The van der Waals surface area contributed by atoms with Gasteiger partial charge in [-0.2, -0.15) is 8.42 Å². The first-order chi connectivity index (χ1) is 10.4. The number of nitrogens with one attached hydrogen (secondary N) is 1. The molecule has 0 atom stereocenters. The van der Waals surface area contributed by atoms with Gasteiger partial charge in [0, 0.05) is 0 Å². The molecule has 1 aliphatic heterocycles. The molecule has 0 aromatic heterocycles. The van der Waals surface area contributed by atoms with Crippen molar-refractivity contribution in [1.82, 2.24) is 4.72 Å². The minimum absolute atomic E-state index is 0.0416. The van der Waals surface area contributed by atoms with Gasteiger partial charge in [-0.1, -0.05) is 18.2 Å². The fraction of sp³-hybridized carbons (Fsp3) is 0.0714. The first-order valence-corrected chi connectivity index (χ1v) is 7.73. The maximum absolute atomic E-state index is 13.3. The van der Waals surface area contributed by atoms with Crippen LogP contribution in [0.1, 0.15) is 0 Å². The molecule has 1 heterocycles. The second-order valence-electron chi connectivity index (χ2n) is 4.75. The van der Waals surface area contributed by atoms with Crippen LogP contribution in [-0.4, -0.2) is 26.0 Å². The van der Waals surface area contributed by atoms with E-state index in [1.54, 1.807) is 6.07 Å². The van der Waals surface area contributed by atoms with Gasteiger partial charge in [-0.3, -0.25) is 4.79 Å². The van der Waals surface area contributed by atoms with E-state index in [1.165, 1.54) is 36.4 Å². The zero-order valence-corrected chi connectivity index (χ0v) is 12.0. The molecule has 1 amide bonds. The number of hydrogen-bond acceptors (Lipinski definition) is 4. The normalized spacial score (nSPS) is 16.6. The van der Waals surface area contributed by atoms with Crippen molar-refractivity contribution in [2.45, 2.75) is 0 Å². The summed E-state index contributed by atoms with van der Waals surface area (Å²) in [5.41, 5.74) is 0.999. The molecule has 1 aliphatic rings. The summed E-state index contributed by atoms with van der Waals surface area (Å²) in [6, 6.07) is 9.98. The summed E-state index contributed by atoms with van der Waals surface area (Å²) >= 11 is 0. The maximum Gasteiger partial charge on any atom is 0.326 e. The molecule has 0 bridgehead atoms. The minimum Gasteiger partial charge on any atom is -0.506 e. The highest BCUT2D eigenvalue weighted by atomic mass is 32.2. The van der Waals surface area contributed by atoms with Gasteiger partial charge in [-0.05, 0) is 35.4 Å². The van der Waals surface area contributed by atoms with Crippen LogP contribution in [-0.2, 0) is 15.0 Å². The molecule has 0 spiro atoms. The van der Waals surface area contributed by atoms with E-state index in [9.17, 15) is 22.7 Å². The molecule has 114 valence electrons. The molecule has 22 heavy (non-hydrogen) atoms. The number of halogens is 1. The third-order valence-corrected chi connectivity index (χ3v) is 4.61. The third-order valence-electron chi connectivity index (χ3n) is 3.22. The molecular formula is C14H11FN2O4S. The molecule has 0 unspecified atom stereocenters. The van der Waals surface area contributed by atoms with E-state index in [4.69, 9.17) is 0 Å². The molecule has 0 radical (unpaired) electrons. The lowest BCUT2D eigenvalue weighted by molar-refractivity contribution is -0.117. The van der Waals surface area contributed by atoms with Crippen LogP contribution in [0.2, 0.25) is 0 Å². The fourth-order valence-corrected chi connectivity index (χ4v) is 3.39. The van der Waals surface area contributed by atoms with Crippen molar-refractivity contribution in [2.75, 3.05) is 10.8 Å². The summed E-state index contributed by atoms with van der Waals surface area (Å²) in [4.78, 5) is 11.3. The molecule has 3 rings (SSSR count). The number of anilines is 1. The smallest absolute Gasteiger partial charge is 0.326 e. The Labute approximate surface area is 126 Å². The molecule has 6 nitrogen and oxygen atoms in total. The highest BCUT2D eigenvalue weighted by Crippen LogP contribution is 2.34. The van der Waals surface area contributed by atoms with Crippen LogP contribution in [0.25, 0.3) is 11.1 Å². The van der Waals surface area contributed by atoms with Crippen LogP contribution in [0.5, 0.6) is 5.75 Å². The Kier molecular flexibility index (Phi) is 3.25. The van der Waals surface area contributed by atoms with Crippen molar-refractivity contribution in [3.05, 3.63) is 48.3 Å². The Morgan fingerprint density at radius 2 is 1.86 bits per heavy atom. The number of rotatable bonds is 2. The van der Waals surface area contributed by atoms with Crippen LogP contribution < -0.4 is 9.03 Å². The monoisotopic (exact) mass is 322 g/mol. The molecule has 2 aromatic rings. The second kappa shape index (κ2) is 4.99. The number of hydrogen-bond donors (Lipinski definition) is 2. The molecule has 8 heteroatoms. The van der Waals surface area contributed by atoms with Gasteiger partial charge >= 0.3 is 10.2 Å². The average Bonchev–Trinajstić information content (AvgIpc) is 2.72. The molecule has 1 fully saturated rings. The molecule has 2 N–H and O–H groups in total. The molecule has 1 saturated heterocycles. The van der Waals surface area contributed by atoms with Crippen molar-refractivity contribution in [1.29, 1.82) is 0 Å². The Balaban J connectivity index is 2.10. The predicted octanol–water partition coefficient (Wildman–Crippen LogP) is 1.38. The summed E-state index contributed by atoms with van der Waals surface area (Å²) in [6.45, 7) is -0.414. The first-order valence-electron chi connectivity index (χ1n) is 6.29. The van der Waals surface area contributed by atoms with E-state index in [0.29, 0.717) is 11.1 Å². The van der Waals surface area contributed by atoms with E-state index in [-0.39, 0.29) is 11.4 Å². The third kappa shape index (κ3) is 2.48. The van der Waals surface area contributed by atoms with Gasteiger partial charge in [-0.15, -0.1) is 0 Å². The standard InChI is InChI=1S/C14H11FN2O4S/c15-11-3-1-2-9(6-11)10-4-5-13(18)12(7-10)17-8-14(19)16-22(17,20)21/h1-7,18H,8H2,(H,16,19). The van der Waals surface area contributed by atoms with Crippen molar-refractivity contribution in [2.24, 2.45) is 0 Å². The lowest BCUT2D eigenvalue weighted by Gasteiger charge is -2.17. The van der Waals surface area contributed by atoms with E-state index < -0.39 is 28.5 Å². The van der Waals surface area contributed by atoms with Crippen LogP contribution >= 0.6 is 0 Å². The fourth-order valence-electron chi connectivity index (χ4n) is 2.23. The lowest BCUT2D eigenvalue weighted by atomic mass is 10.0. The second-order valence-corrected chi connectivity index (χ2v) is 6.35. The summed E-state index contributed by atoms with van der Waals surface area (Å²) in [5, 5.41) is 9.90. The Morgan fingerprint density at radius 3 is 2.50 bits per heavy atom. The topological polar surface area (TPSA) is 86.7 Å². The number of phenolic OH excluding ortho intramolecular Hbond substituents is 1. The van der Waals surface area contributed by atoms with Crippen molar-refractivity contribution < 1.29 is 22.7 Å². The van der Waals surface area contributed by atoms with Gasteiger partial charge in [0.2, 0.25) is 0 Å². The summed E-state index contributed by atoms with van der Waals surface area (Å²) in [6.07, 6.45) is 0. The molecule has 0 saturated carbocycles. The first kappa shape index (κ1) is 14.3. The number of phenols is 1. The zero-order valence-electron chi connectivity index (χ0n) is 11.2. The summed E-state index contributed by atoms with van der Waals surface area (Å²) in [5.74, 6) is -1.41. The number of carbonyl (C=O) groups is 1. The quantitative estimate of drug-likeness (QED) is 0.874. The maximum atomic E-state index is 13.3. The number of amides is 1. The lowest BCUT2D eigenvalue weighted by Crippen LogP contribution is -2.29. The van der Waals surface area contributed by atoms with Crippen molar-refractivity contribution in [3.63, 3.8) is 0 Å². The highest BCUT2D eigenvalue weighted by Gasteiger charge is 2.35. The molecular weight excluding hydrogens is 311 g/mol. The van der Waals surface area contributed by atoms with Crippen LogP contribution in [0, 0.1) is 5.82 Å². The van der Waals surface area contributed by atoms with E-state index in [2.05, 4.69) is 0 Å². The van der Waals surface area contributed by atoms with Gasteiger partial charge in [0.15, 0.2) is 0 Å². The highest BCUT2D eigenvalue weighted by molar-refractivity contribution is 7.92. The number of benzene rings is 2. The van der Waals surface area contributed by atoms with Gasteiger partial charge in [-0.25, -0.2) is 13.4 Å². The predicted molar refractivity (Wildman–Crippen MR) is 77.9 cm³/mol. The largest absolute Gasteiger partial charge is 0.506 e. The van der Waals surface area contributed by atoms with Crippen LogP contribution in [0.4, 0.5) is 10.1 Å².